The summed E-state index contributed by atoms with van der Waals surface area (Å²) in [6, 6.07) is 14.2. The van der Waals surface area contributed by atoms with Crippen molar-refractivity contribution in [2.45, 2.75) is 13.8 Å². The molecule has 1 heterocycles. The Morgan fingerprint density at radius 1 is 1.00 bits per heavy atom. The van der Waals surface area contributed by atoms with Crippen LogP contribution in [-0.2, 0) is 9.59 Å². The maximum Gasteiger partial charge on any atom is 0.241 e. The molecule has 1 aliphatic heterocycles. The zero-order valence-electron chi connectivity index (χ0n) is 14.9. The van der Waals surface area contributed by atoms with Crippen LogP contribution in [0.5, 0.6) is 0 Å². The van der Waals surface area contributed by atoms with Crippen LogP contribution in [-0.4, -0.2) is 60.9 Å². The fourth-order valence-electron chi connectivity index (χ4n) is 3.42. The maximum absolute atomic E-state index is 12.9. The second-order valence-electron chi connectivity index (χ2n) is 6.42. The molecule has 132 valence electrons. The Kier molecular flexibility index (Phi) is 5.34. The molecule has 1 fully saturated rings. The summed E-state index contributed by atoms with van der Waals surface area (Å²) < 4.78 is 0. The molecule has 1 aliphatic rings. The molecule has 5 nitrogen and oxygen atoms in total. The van der Waals surface area contributed by atoms with E-state index in [9.17, 15) is 9.59 Å². The molecule has 0 atom stereocenters. The van der Waals surface area contributed by atoms with Crippen molar-refractivity contribution in [3.05, 3.63) is 42.5 Å². The van der Waals surface area contributed by atoms with E-state index in [0.29, 0.717) is 26.2 Å². The van der Waals surface area contributed by atoms with Gasteiger partial charge in [-0.2, -0.15) is 0 Å². The molecule has 0 aromatic heterocycles. The van der Waals surface area contributed by atoms with Gasteiger partial charge in [0.2, 0.25) is 11.8 Å². The molecule has 0 N–H and O–H groups in total. The Labute approximate surface area is 148 Å². The Bertz CT molecular complexity index is 761. The number of rotatable bonds is 4. The third-order valence-corrected chi connectivity index (χ3v) is 4.85. The number of benzene rings is 2. The number of hydrogen-bond donors (Lipinski definition) is 0. The minimum Gasteiger partial charge on any atom is -0.340 e. The van der Waals surface area contributed by atoms with E-state index < -0.39 is 0 Å². The van der Waals surface area contributed by atoms with E-state index >= 15 is 0 Å². The quantitative estimate of drug-likeness (QED) is 0.859. The van der Waals surface area contributed by atoms with Crippen molar-refractivity contribution in [2.75, 3.05) is 44.2 Å². The topological polar surface area (TPSA) is 43.9 Å². The number of anilines is 1. The standard InChI is InChI=1S/C20H25N3O2/c1-3-23(19-10-6-8-17-7-4-5-9-18(17)19)20(25)15-21-11-13-22(14-12-21)16(2)24/h4-10H,3,11-15H2,1-2H3. The summed E-state index contributed by atoms with van der Waals surface area (Å²) >= 11 is 0. The maximum atomic E-state index is 12.9. The summed E-state index contributed by atoms with van der Waals surface area (Å²) in [5.74, 6) is 0.215. The van der Waals surface area contributed by atoms with Crippen LogP contribution in [0.4, 0.5) is 5.69 Å². The molecule has 1 saturated heterocycles. The van der Waals surface area contributed by atoms with Crippen LogP contribution in [0, 0.1) is 0 Å². The van der Waals surface area contributed by atoms with Gasteiger partial charge in [0.1, 0.15) is 0 Å². The molecule has 0 bridgehead atoms. The molecule has 2 aromatic rings. The van der Waals surface area contributed by atoms with Gasteiger partial charge in [0.25, 0.3) is 0 Å². The molecule has 3 rings (SSSR count). The Morgan fingerprint density at radius 3 is 2.36 bits per heavy atom. The van der Waals surface area contributed by atoms with Crippen LogP contribution in [0.3, 0.4) is 0 Å². The lowest BCUT2D eigenvalue weighted by atomic mass is 10.1. The average molecular weight is 339 g/mol. The number of carbonyl (C=O) groups is 2. The van der Waals surface area contributed by atoms with Crippen LogP contribution in [0.1, 0.15) is 13.8 Å². The van der Waals surface area contributed by atoms with Crippen molar-refractivity contribution in [3.8, 4) is 0 Å². The summed E-state index contributed by atoms with van der Waals surface area (Å²) in [7, 11) is 0. The monoisotopic (exact) mass is 339 g/mol. The smallest absolute Gasteiger partial charge is 0.241 e. The first-order valence-corrected chi connectivity index (χ1v) is 8.86. The predicted molar refractivity (Wildman–Crippen MR) is 101 cm³/mol. The normalized spacial score (nSPS) is 15.4. The van der Waals surface area contributed by atoms with Crippen molar-refractivity contribution < 1.29 is 9.59 Å². The van der Waals surface area contributed by atoms with Crippen LogP contribution < -0.4 is 4.90 Å². The van der Waals surface area contributed by atoms with Gasteiger partial charge in [-0.05, 0) is 18.4 Å². The highest BCUT2D eigenvalue weighted by Gasteiger charge is 2.23. The highest BCUT2D eigenvalue weighted by atomic mass is 16.2. The second kappa shape index (κ2) is 7.66. The zero-order valence-corrected chi connectivity index (χ0v) is 14.9. The van der Waals surface area contributed by atoms with Gasteiger partial charge in [-0.3, -0.25) is 14.5 Å². The highest BCUT2D eigenvalue weighted by Crippen LogP contribution is 2.26. The van der Waals surface area contributed by atoms with E-state index in [1.807, 2.05) is 41.0 Å². The average Bonchev–Trinajstić information content (AvgIpc) is 2.63. The number of hydrogen-bond acceptors (Lipinski definition) is 3. The molecule has 2 amide bonds. The molecule has 0 aliphatic carbocycles. The molecule has 0 unspecified atom stereocenters. The molecular weight excluding hydrogens is 314 g/mol. The highest BCUT2D eigenvalue weighted by molar-refractivity contribution is 6.04. The van der Waals surface area contributed by atoms with Gasteiger partial charge in [0.15, 0.2) is 0 Å². The first kappa shape index (κ1) is 17.4. The van der Waals surface area contributed by atoms with Crippen molar-refractivity contribution in [1.29, 1.82) is 0 Å². The lowest BCUT2D eigenvalue weighted by molar-refractivity contribution is -0.130. The Hall–Kier alpha value is -2.40. The van der Waals surface area contributed by atoms with Crippen LogP contribution in [0.2, 0.25) is 0 Å². The summed E-state index contributed by atoms with van der Waals surface area (Å²) in [5, 5.41) is 2.24. The first-order chi connectivity index (χ1) is 12.1. The molecule has 0 radical (unpaired) electrons. The van der Waals surface area contributed by atoms with Crippen molar-refractivity contribution in [1.82, 2.24) is 9.80 Å². The van der Waals surface area contributed by atoms with Crippen molar-refractivity contribution >= 4 is 28.3 Å². The number of nitrogens with zero attached hydrogens (tertiary/aromatic N) is 3. The van der Waals surface area contributed by atoms with Crippen molar-refractivity contribution in [2.24, 2.45) is 0 Å². The fourth-order valence-corrected chi connectivity index (χ4v) is 3.42. The predicted octanol–water partition coefficient (Wildman–Crippen LogP) is 2.36. The molecule has 25 heavy (non-hydrogen) atoms. The first-order valence-electron chi connectivity index (χ1n) is 8.86. The van der Waals surface area contributed by atoms with Crippen LogP contribution >= 0.6 is 0 Å². The molecule has 2 aromatic carbocycles. The van der Waals surface area contributed by atoms with E-state index in [4.69, 9.17) is 0 Å². The van der Waals surface area contributed by atoms with Crippen LogP contribution in [0.15, 0.2) is 42.5 Å². The van der Waals surface area contributed by atoms with Gasteiger partial charge in [-0.1, -0.05) is 36.4 Å². The number of likely N-dealkylation sites (N-methyl/N-ethyl adjacent to an activating group) is 1. The minimum absolute atomic E-state index is 0.107. The molecule has 0 spiro atoms. The number of carbonyl (C=O) groups excluding carboxylic acids is 2. The van der Waals surface area contributed by atoms with Gasteiger partial charge in [-0.25, -0.2) is 0 Å². The van der Waals surface area contributed by atoms with Gasteiger partial charge in [-0.15, -0.1) is 0 Å². The van der Waals surface area contributed by atoms with E-state index in [1.165, 1.54) is 0 Å². The Balaban J connectivity index is 1.73. The molecule has 0 saturated carbocycles. The fraction of sp³-hybridized carbons (Fsp3) is 0.400. The number of piperazine rings is 1. The Morgan fingerprint density at radius 2 is 1.68 bits per heavy atom. The summed E-state index contributed by atoms with van der Waals surface area (Å²) in [6.45, 7) is 7.53. The minimum atomic E-state index is 0.107. The zero-order chi connectivity index (χ0) is 17.8. The van der Waals surface area contributed by atoms with Gasteiger partial charge in [0, 0.05) is 45.0 Å². The van der Waals surface area contributed by atoms with Gasteiger partial charge < -0.3 is 9.80 Å². The van der Waals surface area contributed by atoms with E-state index in [-0.39, 0.29) is 11.8 Å². The lowest BCUT2D eigenvalue weighted by Crippen LogP contribution is -2.51. The number of amides is 2. The largest absolute Gasteiger partial charge is 0.340 e. The summed E-state index contributed by atoms with van der Waals surface area (Å²) in [5.41, 5.74) is 0.966. The second-order valence-corrected chi connectivity index (χ2v) is 6.42. The summed E-state index contributed by atoms with van der Waals surface area (Å²) in [6.07, 6.45) is 0. The van der Waals surface area contributed by atoms with Gasteiger partial charge in [0.05, 0.1) is 12.2 Å². The third-order valence-electron chi connectivity index (χ3n) is 4.85. The number of fused-ring (bicyclic) bond motifs is 1. The third kappa shape index (κ3) is 3.82. The summed E-state index contributed by atoms with van der Waals surface area (Å²) in [4.78, 5) is 30.2. The van der Waals surface area contributed by atoms with Crippen LogP contribution in [0.25, 0.3) is 10.8 Å². The lowest BCUT2D eigenvalue weighted by Gasteiger charge is -2.35. The van der Waals surface area contributed by atoms with E-state index in [2.05, 4.69) is 23.1 Å². The van der Waals surface area contributed by atoms with Crippen molar-refractivity contribution in [3.63, 3.8) is 0 Å². The molecule has 5 heteroatoms. The SMILES string of the molecule is CCN(C(=O)CN1CCN(C(C)=O)CC1)c1cccc2ccccc12. The molecular formula is C20H25N3O2. The van der Waals surface area contributed by atoms with Gasteiger partial charge >= 0.3 is 0 Å². The van der Waals surface area contributed by atoms with E-state index in [1.54, 1.807) is 6.92 Å². The van der Waals surface area contributed by atoms with E-state index in [0.717, 1.165) is 29.5 Å².